The van der Waals surface area contributed by atoms with Gasteiger partial charge in [-0.25, -0.2) is 0 Å². The maximum absolute atomic E-state index is 9.44. The molecule has 0 aliphatic heterocycles. The van der Waals surface area contributed by atoms with Crippen molar-refractivity contribution in [3.8, 4) is 0 Å². The van der Waals surface area contributed by atoms with Gasteiger partial charge in [0.2, 0.25) is 0 Å². The lowest BCUT2D eigenvalue weighted by molar-refractivity contribution is 0.0988. The molecule has 1 heteroatoms. The van der Waals surface area contributed by atoms with Crippen molar-refractivity contribution in [2.45, 2.75) is 33.3 Å². The van der Waals surface area contributed by atoms with E-state index in [1.807, 2.05) is 0 Å². The van der Waals surface area contributed by atoms with E-state index in [0.29, 0.717) is 11.8 Å². The van der Waals surface area contributed by atoms with Crippen LogP contribution in [0, 0.1) is 17.8 Å². The van der Waals surface area contributed by atoms with Gasteiger partial charge in [0.1, 0.15) is 0 Å². The molecule has 1 N–H and O–H groups in total. The maximum atomic E-state index is 9.44. The van der Waals surface area contributed by atoms with Crippen LogP contribution in [0.3, 0.4) is 0 Å². The normalized spacial score (nSPS) is 52.0. The van der Waals surface area contributed by atoms with Crippen molar-refractivity contribution in [2.24, 2.45) is 17.8 Å². The molecule has 1 aliphatic carbocycles. The largest absolute Gasteiger partial charge is 0.393 e. The Labute approximate surface area is 57.1 Å². The van der Waals surface area contributed by atoms with E-state index in [-0.39, 0.29) is 6.10 Å². The third kappa shape index (κ3) is 1.11. The first-order valence-electron chi connectivity index (χ1n) is 3.81. The molecule has 4 atom stereocenters. The van der Waals surface area contributed by atoms with Gasteiger partial charge in [-0.15, -0.1) is 0 Å². The molecule has 0 aromatic carbocycles. The summed E-state index contributed by atoms with van der Waals surface area (Å²) in [6, 6.07) is 0. The quantitative estimate of drug-likeness (QED) is 0.526. The minimum Gasteiger partial charge on any atom is -0.393 e. The van der Waals surface area contributed by atoms with Crippen LogP contribution in [0.1, 0.15) is 27.2 Å². The number of aliphatic hydroxyl groups excluding tert-OH is 1. The Kier molecular flexibility index (Phi) is 1.80. The minimum absolute atomic E-state index is 0.0417. The Morgan fingerprint density at radius 2 is 1.67 bits per heavy atom. The van der Waals surface area contributed by atoms with Crippen molar-refractivity contribution in [1.29, 1.82) is 0 Å². The fourth-order valence-electron chi connectivity index (χ4n) is 1.80. The lowest BCUT2D eigenvalue weighted by Gasteiger charge is -2.13. The molecule has 1 fully saturated rings. The van der Waals surface area contributed by atoms with Crippen LogP contribution >= 0.6 is 0 Å². The highest BCUT2D eigenvalue weighted by Crippen LogP contribution is 2.35. The zero-order valence-corrected chi connectivity index (χ0v) is 6.46. The van der Waals surface area contributed by atoms with Crippen molar-refractivity contribution < 1.29 is 5.11 Å². The van der Waals surface area contributed by atoms with E-state index in [1.54, 1.807) is 0 Å². The molecule has 0 spiro atoms. The van der Waals surface area contributed by atoms with Gasteiger partial charge in [0, 0.05) is 0 Å². The van der Waals surface area contributed by atoms with Crippen molar-refractivity contribution in [3.05, 3.63) is 0 Å². The molecule has 0 aromatic heterocycles. The van der Waals surface area contributed by atoms with Gasteiger partial charge in [0.25, 0.3) is 0 Å². The number of aliphatic hydroxyl groups is 1. The summed E-state index contributed by atoms with van der Waals surface area (Å²) in [7, 11) is 0. The van der Waals surface area contributed by atoms with Crippen LogP contribution < -0.4 is 0 Å². The number of hydrogen-bond acceptors (Lipinski definition) is 1. The van der Waals surface area contributed by atoms with E-state index in [2.05, 4.69) is 20.8 Å². The summed E-state index contributed by atoms with van der Waals surface area (Å²) in [4.78, 5) is 0. The highest BCUT2D eigenvalue weighted by atomic mass is 16.3. The molecule has 54 valence electrons. The molecule has 0 bridgehead atoms. The van der Waals surface area contributed by atoms with Crippen molar-refractivity contribution in [3.63, 3.8) is 0 Å². The monoisotopic (exact) mass is 128 g/mol. The summed E-state index contributed by atoms with van der Waals surface area (Å²) >= 11 is 0. The van der Waals surface area contributed by atoms with Crippen LogP contribution in [-0.2, 0) is 0 Å². The second kappa shape index (κ2) is 2.30. The van der Waals surface area contributed by atoms with Crippen LogP contribution in [0.5, 0.6) is 0 Å². The van der Waals surface area contributed by atoms with E-state index in [9.17, 15) is 5.11 Å². The molecule has 9 heavy (non-hydrogen) atoms. The molecule has 0 heterocycles. The highest BCUT2D eigenvalue weighted by Gasteiger charge is 2.33. The standard InChI is InChI=1S/C8H16O/c1-5-4-6(2)8(9)7(5)3/h5-9H,4H2,1-3H3. The van der Waals surface area contributed by atoms with E-state index in [4.69, 9.17) is 0 Å². The molecule has 1 aliphatic rings. The van der Waals surface area contributed by atoms with Gasteiger partial charge in [0.15, 0.2) is 0 Å². The van der Waals surface area contributed by atoms with Crippen LogP contribution in [-0.4, -0.2) is 11.2 Å². The van der Waals surface area contributed by atoms with Gasteiger partial charge >= 0.3 is 0 Å². The van der Waals surface area contributed by atoms with Gasteiger partial charge < -0.3 is 5.11 Å². The summed E-state index contributed by atoms with van der Waals surface area (Å²) in [5, 5.41) is 9.44. The third-order valence-electron chi connectivity index (χ3n) is 2.76. The van der Waals surface area contributed by atoms with Gasteiger partial charge in [0.05, 0.1) is 6.10 Å². The van der Waals surface area contributed by atoms with Crippen LogP contribution in [0.4, 0.5) is 0 Å². The summed E-state index contributed by atoms with van der Waals surface area (Å²) in [6.07, 6.45) is 1.16. The highest BCUT2D eigenvalue weighted by molar-refractivity contribution is 4.83. The predicted octanol–water partition coefficient (Wildman–Crippen LogP) is 1.66. The molecule has 4 unspecified atom stereocenters. The predicted molar refractivity (Wildman–Crippen MR) is 38.1 cm³/mol. The zero-order chi connectivity index (χ0) is 7.02. The van der Waals surface area contributed by atoms with Crippen LogP contribution in [0.2, 0.25) is 0 Å². The molecule has 0 saturated heterocycles. The molecule has 1 rings (SSSR count). The number of rotatable bonds is 0. The number of hydrogen-bond donors (Lipinski definition) is 1. The Bertz CT molecular complexity index is 88.7. The lowest BCUT2D eigenvalue weighted by atomic mass is 9.99. The second-order valence-electron chi connectivity index (χ2n) is 3.54. The van der Waals surface area contributed by atoms with E-state index in [0.717, 1.165) is 5.92 Å². The second-order valence-corrected chi connectivity index (χ2v) is 3.54. The average molecular weight is 128 g/mol. The first kappa shape index (κ1) is 7.07. The SMILES string of the molecule is CC1CC(C)C(O)C1C. The zero-order valence-electron chi connectivity index (χ0n) is 6.46. The summed E-state index contributed by atoms with van der Waals surface area (Å²) in [5.41, 5.74) is 0. The third-order valence-corrected chi connectivity index (χ3v) is 2.76. The summed E-state index contributed by atoms with van der Waals surface area (Å²) in [5.74, 6) is 1.75. The van der Waals surface area contributed by atoms with Crippen LogP contribution in [0.25, 0.3) is 0 Å². The molecule has 0 amide bonds. The molecule has 1 saturated carbocycles. The van der Waals surface area contributed by atoms with Gasteiger partial charge in [-0.05, 0) is 24.2 Å². The molecular weight excluding hydrogens is 112 g/mol. The first-order valence-corrected chi connectivity index (χ1v) is 3.81. The Balaban J connectivity index is 2.54. The Morgan fingerprint density at radius 1 is 1.11 bits per heavy atom. The molecular formula is C8H16O. The van der Waals surface area contributed by atoms with Gasteiger partial charge in [-0.1, -0.05) is 20.8 Å². The van der Waals surface area contributed by atoms with E-state index in [1.165, 1.54) is 6.42 Å². The van der Waals surface area contributed by atoms with Gasteiger partial charge in [-0.2, -0.15) is 0 Å². The summed E-state index contributed by atoms with van der Waals surface area (Å²) in [6.45, 7) is 6.49. The molecule has 1 nitrogen and oxygen atoms in total. The fraction of sp³-hybridized carbons (Fsp3) is 1.00. The smallest absolute Gasteiger partial charge is 0.0593 e. The fourth-order valence-corrected chi connectivity index (χ4v) is 1.80. The van der Waals surface area contributed by atoms with Crippen molar-refractivity contribution in [1.82, 2.24) is 0 Å². The van der Waals surface area contributed by atoms with E-state index < -0.39 is 0 Å². The first-order chi connectivity index (χ1) is 4.13. The minimum atomic E-state index is -0.0417. The Morgan fingerprint density at radius 3 is 1.78 bits per heavy atom. The van der Waals surface area contributed by atoms with Crippen molar-refractivity contribution in [2.75, 3.05) is 0 Å². The van der Waals surface area contributed by atoms with Crippen LogP contribution in [0.15, 0.2) is 0 Å². The average Bonchev–Trinajstić information content (AvgIpc) is 1.98. The van der Waals surface area contributed by atoms with Gasteiger partial charge in [-0.3, -0.25) is 0 Å². The van der Waals surface area contributed by atoms with Crippen molar-refractivity contribution >= 4 is 0 Å². The Hall–Kier alpha value is -0.0400. The maximum Gasteiger partial charge on any atom is 0.0593 e. The summed E-state index contributed by atoms with van der Waals surface area (Å²) < 4.78 is 0. The topological polar surface area (TPSA) is 20.2 Å². The molecule has 0 radical (unpaired) electrons. The lowest BCUT2D eigenvalue weighted by Crippen LogP contribution is -2.17. The molecule has 0 aromatic rings. The van der Waals surface area contributed by atoms with E-state index >= 15 is 0 Å².